The fourth-order valence-electron chi connectivity index (χ4n) is 9.80. The predicted octanol–water partition coefficient (Wildman–Crippen LogP) is 16.2. The number of hydrogen-bond acceptors (Lipinski definition) is 6. The summed E-state index contributed by atoms with van der Waals surface area (Å²) in [6, 6.07) is 69.0. The van der Waals surface area contributed by atoms with Crippen LogP contribution in [0.1, 0.15) is 0 Å². The molecule has 0 unspecified atom stereocenters. The number of hydrogen-bond donors (Lipinski definition) is 0. The maximum atomic E-state index is 6.83. The van der Waals surface area contributed by atoms with Crippen LogP contribution in [-0.2, 0) is 0 Å². The van der Waals surface area contributed by atoms with Gasteiger partial charge in [0.25, 0.3) is 0 Å². The third-order valence-corrected chi connectivity index (χ3v) is 12.9. The van der Waals surface area contributed by atoms with Gasteiger partial charge in [-0.25, -0.2) is 15.0 Å². The van der Waals surface area contributed by atoms with Crippen molar-refractivity contribution >= 4 is 87.5 Å². The van der Waals surface area contributed by atoms with Crippen molar-refractivity contribution in [2.24, 2.45) is 0 Å². The van der Waals surface area contributed by atoms with Crippen molar-refractivity contribution in [3.05, 3.63) is 200 Å². The molecular weight excluding hydrogens is 799 g/mol. The highest BCUT2D eigenvalue weighted by molar-refractivity contribution is 6.30. The first kappa shape index (κ1) is 35.7. The van der Waals surface area contributed by atoms with E-state index in [9.17, 15) is 0 Å². The lowest BCUT2D eigenvalue weighted by molar-refractivity contribution is 0.668. The molecule has 0 spiro atoms. The van der Waals surface area contributed by atoms with E-state index in [4.69, 9.17) is 28.2 Å². The maximum Gasteiger partial charge on any atom is 0.160 e. The quantitative estimate of drug-likeness (QED) is 0.161. The fraction of sp³-hybridized carbons (Fsp3) is 0. The number of pyridine rings is 1. The van der Waals surface area contributed by atoms with Crippen LogP contribution in [0, 0.1) is 0 Å². The summed E-state index contributed by atoms with van der Waals surface area (Å²) in [6.45, 7) is 0. The van der Waals surface area contributed by atoms with E-state index in [1.807, 2.05) is 66.7 Å². The molecule has 6 heteroatoms. The van der Waals surface area contributed by atoms with Gasteiger partial charge in [-0.05, 0) is 78.4 Å². The SMILES string of the molecule is c1ccc(-c2nc3ccccc3c3c2cc(-c2ccc(-c4cc(-c5ccc6oc7ccccc7c6c5)nc(-c5ccc6oc7ccccc7c6c5)n4)cc2)c2oc4ccccc4c23)cc1. The zero-order chi connectivity index (χ0) is 42.6. The van der Waals surface area contributed by atoms with Crippen molar-refractivity contribution in [3.63, 3.8) is 0 Å². The van der Waals surface area contributed by atoms with E-state index in [0.717, 1.165) is 138 Å². The van der Waals surface area contributed by atoms with E-state index >= 15 is 0 Å². The Bertz CT molecular complexity index is 4110. The molecular formula is C59H33N3O3. The molecule has 0 radical (unpaired) electrons. The minimum Gasteiger partial charge on any atom is -0.456 e. The van der Waals surface area contributed by atoms with Gasteiger partial charge in [0, 0.05) is 76.3 Å². The molecule has 302 valence electrons. The number of rotatable bonds is 5. The third kappa shape index (κ3) is 5.57. The molecule has 0 bridgehead atoms. The van der Waals surface area contributed by atoms with Crippen molar-refractivity contribution in [1.82, 2.24) is 15.0 Å². The zero-order valence-corrected chi connectivity index (χ0v) is 34.6. The molecule has 0 amide bonds. The van der Waals surface area contributed by atoms with Gasteiger partial charge >= 0.3 is 0 Å². The van der Waals surface area contributed by atoms with Gasteiger partial charge in [-0.15, -0.1) is 0 Å². The summed E-state index contributed by atoms with van der Waals surface area (Å²) in [5, 5.41) is 9.66. The van der Waals surface area contributed by atoms with Crippen LogP contribution in [0.4, 0.5) is 0 Å². The molecule has 65 heavy (non-hydrogen) atoms. The largest absolute Gasteiger partial charge is 0.456 e. The average Bonchev–Trinajstić information content (AvgIpc) is 4.07. The number of benzene rings is 9. The van der Waals surface area contributed by atoms with Gasteiger partial charge in [0.15, 0.2) is 5.82 Å². The van der Waals surface area contributed by atoms with Crippen LogP contribution in [0.2, 0.25) is 0 Å². The first-order valence-electron chi connectivity index (χ1n) is 21.7. The Kier molecular flexibility index (Phi) is 7.59. The van der Waals surface area contributed by atoms with Gasteiger partial charge in [-0.3, -0.25) is 0 Å². The molecule has 0 aliphatic rings. The molecule has 9 aromatic carbocycles. The molecule has 0 atom stereocenters. The van der Waals surface area contributed by atoms with Crippen LogP contribution in [-0.4, -0.2) is 15.0 Å². The third-order valence-electron chi connectivity index (χ3n) is 12.9. The monoisotopic (exact) mass is 831 g/mol. The van der Waals surface area contributed by atoms with Gasteiger partial charge in [-0.1, -0.05) is 127 Å². The number of fused-ring (bicyclic) bond motifs is 13. The van der Waals surface area contributed by atoms with E-state index in [-0.39, 0.29) is 0 Å². The molecule has 0 saturated heterocycles. The lowest BCUT2D eigenvalue weighted by Gasteiger charge is -2.14. The summed E-state index contributed by atoms with van der Waals surface area (Å²) in [7, 11) is 0. The van der Waals surface area contributed by atoms with Gasteiger partial charge in [0.05, 0.1) is 22.6 Å². The topological polar surface area (TPSA) is 78.1 Å². The van der Waals surface area contributed by atoms with E-state index in [1.54, 1.807) is 0 Å². The Morgan fingerprint density at radius 1 is 0.292 bits per heavy atom. The molecule has 0 aliphatic carbocycles. The molecule has 0 saturated carbocycles. The van der Waals surface area contributed by atoms with E-state index in [1.165, 1.54) is 0 Å². The highest BCUT2D eigenvalue weighted by atomic mass is 16.3. The molecule has 0 fully saturated rings. The van der Waals surface area contributed by atoms with Crippen LogP contribution in [0.25, 0.3) is 144 Å². The Morgan fingerprint density at radius 2 is 0.815 bits per heavy atom. The fourth-order valence-corrected chi connectivity index (χ4v) is 9.80. The average molecular weight is 832 g/mol. The van der Waals surface area contributed by atoms with Gasteiger partial charge < -0.3 is 13.3 Å². The second-order valence-corrected chi connectivity index (χ2v) is 16.7. The number of nitrogens with zero attached hydrogens (tertiary/aromatic N) is 3. The molecule has 6 nitrogen and oxygen atoms in total. The normalized spacial score (nSPS) is 12.0. The second-order valence-electron chi connectivity index (χ2n) is 16.7. The smallest absolute Gasteiger partial charge is 0.160 e. The minimum atomic E-state index is 0.623. The molecule has 5 heterocycles. The summed E-state index contributed by atoms with van der Waals surface area (Å²) in [4.78, 5) is 15.8. The molecule has 5 aromatic heterocycles. The molecule has 0 N–H and O–H groups in total. The number of furan rings is 3. The summed E-state index contributed by atoms with van der Waals surface area (Å²) in [6.07, 6.45) is 0. The number of aromatic nitrogens is 3. The Balaban J connectivity index is 0.966. The van der Waals surface area contributed by atoms with E-state index in [2.05, 4.69) is 133 Å². The first-order valence-corrected chi connectivity index (χ1v) is 21.7. The Labute approximate surface area is 370 Å². The van der Waals surface area contributed by atoms with Crippen LogP contribution in [0.3, 0.4) is 0 Å². The summed E-state index contributed by atoms with van der Waals surface area (Å²) in [5.41, 5.74) is 14.5. The van der Waals surface area contributed by atoms with Crippen LogP contribution >= 0.6 is 0 Å². The van der Waals surface area contributed by atoms with Gasteiger partial charge in [0.2, 0.25) is 0 Å². The van der Waals surface area contributed by atoms with E-state index < -0.39 is 0 Å². The van der Waals surface area contributed by atoms with Crippen molar-refractivity contribution in [2.45, 2.75) is 0 Å². The lowest BCUT2D eigenvalue weighted by atomic mass is 9.91. The van der Waals surface area contributed by atoms with Crippen LogP contribution in [0.5, 0.6) is 0 Å². The lowest BCUT2D eigenvalue weighted by Crippen LogP contribution is -1.96. The minimum absolute atomic E-state index is 0.623. The van der Waals surface area contributed by atoms with Gasteiger partial charge in [0.1, 0.15) is 33.5 Å². The van der Waals surface area contributed by atoms with Crippen molar-refractivity contribution in [2.75, 3.05) is 0 Å². The molecule has 14 rings (SSSR count). The first-order chi connectivity index (χ1) is 32.2. The maximum absolute atomic E-state index is 6.83. The highest BCUT2D eigenvalue weighted by Gasteiger charge is 2.22. The highest BCUT2D eigenvalue weighted by Crippen LogP contribution is 2.46. The molecule has 14 aromatic rings. The van der Waals surface area contributed by atoms with Gasteiger partial charge in [-0.2, -0.15) is 0 Å². The van der Waals surface area contributed by atoms with E-state index in [0.29, 0.717) is 5.82 Å². The zero-order valence-electron chi connectivity index (χ0n) is 34.6. The second kappa shape index (κ2) is 13.8. The number of para-hydroxylation sites is 4. The van der Waals surface area contributed by atoms with Crippen molar-refractivity contribution in [3.8, 4) is 56.3 Å². The Hall–Kier alpha value is -8.87. The standard InChI is InChI=1S/C59H33N3O3/c1-2-12-36(13-3-1)57-46-32-43(58-56(42-17-7-11-21-52(42)65-58)55(46)41-16-4-8-18-47(41)60-57)34-22-24-35(25-23-34)48-33-49(37-26-28-53-44(30-37)39-14-5-9-19-50(39)63-53)62-59(61-48)38-27-29-54-45(31-38)40-15-6-10-20-51(40)64-54/h1-33H. The summed E-state index contributed by atoms with van der Waals surface area (Å²) in [5.74, 6) is 0.623. The predicted molar refractivity (Wildman–Crippen MR) is 264 cm³/mol. The molecule has 0 aliphatic heterocycles. The van der Waals surface area contributed by atoms with Crippen LogP contribution in [0.15, 0.2) is 213 Å². The Morgan fingerprint density at radius 3 is 1.52 bits per heavy atom. The summed E-state index contributed by atoms with van der Waals surface area (Å²) < 4.78 is 19.2. The van der Waals surface area contributed by atoms with Crippen molar-refractivity contribution in [1.29, 1.82) is 0 Å². The summed E-state index contributed by atoms with van der Waals surface area (Å²) >= 11 is 0. The van der Waals surface area contributed by atoms with Crippen LogP contribution < -0.4 is 0 Å². The van der Waals surface area contributed by atoms with Crippen molar-refractivity contribution < 1.29 is 13.3 Å².